The van der Waals surface area contributed by atoms with Crippen LogP contribution < -0.4 is 5.32 Å². The van der Waals surface area contributed by atoms with Gasteiger partial charge in [-0.1, -0.05) is 20.3 Å². The molecule has 4 atom stereocenters. The average molecular weight is 395 g/mol. The molecule has 0 saturated heterocycles. The van der Waals surface area contributed by atoms with E-state index < -0.39 is 0 Å². The molecular formula is C14H21Br2NS. The first-order valence-electron chi connectivity index (χ1n) is 6.65. The lowest BCUT2D eigenvalue weighted by Gasteiger charge is -2.36. The minimum Gasteiger partial charge on any atom is -0.313 e. The second-order valence-electron chi connectivity index (χ2n) is 5.57. The Balaban J connectivity index is 2.16. The fourth-order valence-electron chi connectivity index (χ4n) is 3.10. The highest BCUT2D eigenvalue weighted by molar-refractivity contribution is 9.12. The average Bonchev–Trinajstić information content (AvgIpc) is 2.64. The van der Waals surface area contributed by atoms with Crippen LogP contribution in [0.3, 0.4) is 0 Å². The molecule has 0 aromatic carbocycles. The predicted molar refractivity (Wildman–Crippen MR) is 87.2 cm³/mol. The van der Waals surface area contributed by atoms with Gasteiger partial charge in [0.15, 0.2) is 0 Å². The van der Waals surface area contributed by atoms with Crippen molar-refractivity contribution < 1.29 is 0 Å². The molecule has 2 rings (SSSR count). The zero-order valence-electron chi connectivity index (χ0n) is 11.2. The molecule has 0 bridgehead atoms. The van der Waals surface area contributed by atoms with Crippen molar-refractivity contribution in [3.63, 3.8) is 0 Å². The Bertz CT molecular complexity index is 404. The molecule has 102 valence electrons. The summed E-state index contributed by atoms with van der Waals surface area (Å²) in [4.78, 5) is 0. The van der Waals surface area contributed by atoms with Crippen molar-refractivity contribution in [1.29, 1.82) is 0 Å². The van der Waals surface area contributed by atoms with Gasteiger partial charge in [-0.25, -0.2) is 0 Å². The molecule has 0 spiro atoms. The maximum absolute atomic E-state index is 3.70. The number of nitrogens with one attached hydrogen (secondary N) is 1. The quantitative estimate of drug-likeness (QED) is 0.702. The van der Waals surface area contributed by atoms with Gasteiger partial charge in [0, 0.05) is 6.04 Å². The molecular weight excluding hydrogens is 374 g/mol. The number of rotatable bonds is 3. The van der Waals surface area contributed by atoms with Crippen LogP contribution in [0.25, 0.3) is 0 Å². The lowest BCUT2D eigenvalue weighted by atomic mass is 9.72. The number of halogens is 2. The molecule has 1 saturated carbocycles. The van der Waals surface area contributed by atoms with Crippen molar-refractivity contribution in [2.24, 2.45) is 17.8 Å². The molecule has 1 nitrogen and oxygen atoms in total. The molecule has 1 aromatic rings. The zero-order valence-corrected chi connectivity index (χ0v) is 15.2. The summed E-state index contributed by atoms with van der Waals surface area (Å²) < 4.78 is 2.47. The highest BCUT2D eigenvalue weighted by Gasteiger charge is 2.31. The van der Waals surface area contributed by atoms with Crippen LogP contribution in [-0.4, -0.2) is 7.05 Å². The molecule has 1 heterocycles. The maximum Gasteiger partial charge on any atom is 0.0758 e. The topological polar surface area (TPSA) is 12.0 Å². The molecule has 0 amide bonds. The van der Waals surface area contributed by atoms with Crippen LogP contribution in [0.4, 0.5) is 0 Å². The van der Waals surface area contributed by atoms with Crippen molar-refractivity contribution >= 4 is 43.2 Å². The number of hydrogen-bond acceptors (Lipinski definition) is 2. The lowest BCUT2D eigenvalue weighted by molar-refractivity contribution is 0.174. The Morgan fingerprint density at radius 2 is 2.00 bits per heavy atom. The summed E-state index contributed by atoms with van der Waals surface area (Å²) in [5.74, 6) is 2.50. The van der Waals surface area contributed by atoms with Crippen LogP contribution >= 0.6 is 43.2 Å². The SMILES string of the molecule is CNC(c1cc(Br)sc1Br)C1CCC(C)C(C)C1. The molecule has 1 aliphatic rings. The fraction of sp³-hybridized carbons (Fsp3) is 0.714. The summed E-state index contributed by atoms with van der Waals surface area (Å²) in [5, 5.41) is 3.53. The standard InChI is InChI=1S/C14H21Br2NS/c1-8-4-5-10(6-9(8)2)13(17-3)11-7-12(15)18-14(11)16/h7-10,13,17H,4-6H2,1-3H3. The highest BCUT2D eigenvalue weighted by Crippen LogP contribution is 2.44. The van der Waals surface area contributed by atoms with Crippen molar-refractivity contribution in [2.75, 3.05) is 7.05 Å². The van der Waals surface area contributed by atoms with Crippen LogP contribution in [0.1, 0.15) is 44.7 Å². The van der Waals surface area contributed by atoms with E-state index in [1.807, 2.05) is 0 Å². The summed E-state index contributed by atoms with van der Waals surface area (Å²) in [6, 6.07) is 2.75. The Morgan fingerprint density at radius 3 is 2.50 bits per heavy atom. The first-order valence-corrected chi connectivity index (χ1v) is 9.05. The van der Waals surface area contributed by atoms with Crippen molar-refractivity contribution in [1.82, 2.24) is 5.32 Å². The molecule has 1 N–H and O–H groups in total. The van der Waals surface area contributed by atoms with Crippen LogP contribution in [0, 0.1) is 17.8 Å². The molecule has 18 heavy (non-hydrogen) atoms. The number of hydrogen-bond donors (Lipinski definition) is 1. The second-order valence-corrected chi connectivity index (χ2v) is 9.32. The van der Waals surface area contributed by atoms with Gasteiger partial charge in [-0.2, -0.15) is 0 Å². The van der Waals surface area contributed by atoms with E-state index in [0.717, 1.165) is 17.8 Å². The molecule has 1 aromatic heterocycles. The molecule has 1 fully saturated rings. The Hall–Kier alpha value is 0.620. The highest BCUT2D eigenvalue weighted by atomic mass is 79.9. The van der Waals surface area contributed by atoms with Gasteiger partial charge in [0.05, 0.1) is 7.57 Å². The van der Waals surface area contributed by atoms with Crippen LogP contribution in [0.15, 0.2) is 13.6 Å². The molecule has 4 unspecified atom stereocenters. The van der Waals surface area contributed by atoms with Crippen molar-refractivity contribution in [3.05, 3.63) is 19.2 Å². The summed E-state index contributed by atoms with van der Waals surface area (Å²) in [7, 11) is 2.09. The Labute approximate surface area is 131 Å². The monoisotopic (exact) mass is 393 g/mol. The summed E-state index contributed by atoms with van der Waals surface area (Å²) in [5.41, 5.74) is 1.42. The van der Waals surface area contributed by atoms with E-state index in [0.29, 0.717) is 6.04 Å². The third-order valence-electron chi connectivity index (χ3n) is 4.44. The number of thiophene rings is 1. The van der Waals surface area contributed by atoms with Gasteiger partial charge in [-0.3, -0.25) is 0 Å². The van der Waals surface area contributed by atoms with Crippen LogP contribution in [0.2, 0.25) is 0 Å². The van der Waals surface area contributed by atoms with E-state index in [-0.39, 0.29) is 0 Å². The van der Waals surface area contributed by atoms with Gasteiger partial charge in [0.25, 0.3) is 0 Å². The van der Waals surface area contributed by atoms with Crippen LogP contribution in [-0.2, 0) is 0 Å². The summed E-state index contributed by atoms with van der Waals surface area (Å²) in [6.07, 6.45) is 4.05. The first-order chi connectivity index (χ1) is 8.52. The van der Waals surface area contributed by atoms with Gasteiger partial charge >= 0.3 is 0 Å². The van der Waals surface area contributed by atoms with E-state index in [9.17, 15) is 0 Å². The van der Waals surface area contributed by atoms with Crippen molar-refractivity contribution in [3.8, 4) is 0 Å². The second kappa shape index (κ2) is 6.38. The maximum atomic E-state index is 3.70. The van der Waals surface area contributed by atoms with Crippen LogP contribution in [0.5, 0.6) is 0 Å². The third-order valence-corrected chi connectivity index (χ3v) is 6.83. The van der Waals surface area contributed by atoms with Gasteiger partial charge < -0.3 is 5.32 Å². The van der Waals surface area contributed by atoms with E-state index >= 15 is 0 Å². The van der Waals surface area contributed by atoms with Gasteiger partial charge in [0.1, 0.15) is 0 Å². The normalized spacial score (nSPS) is 30.4. The van der Waals surface area contributed by atoms with Gasteiger partial charge in [-0.05, 0) is 81.1 Å². The van der Waals surface area contributed by atoms with Gasteiger partial charge in [-0.15, -0.1) is 11.3 Å². The molecule has 0 aliphatic heterocycles. The van der Waals surface area contributed by atoms with E-state index in [1.54, 1.807) is 11.3 Å². The smallest absolute Gasteiger partial charge is 0.0758 e. The molecule has 0 radical (unpaired) electrons. The fourth-order valence-corrected chi connectivity index (χ4v) is 6.03. The minimum atomic E-state index is 0.483. The zero-order chi connectivity index (χ0) is 13.3. The minimum absolute atomic E-state index is 0.483. The van der Waals surface area contributed by atoms with Gasteiger partial charge in [0.2, 0.25) is 0 Å². The van der Waals surface area contributed by atoms with E-state index in [2.05, 4.69) is 64.1 Å². The molecule has 4 heteroatoms. The lowest BCUT2D eigenvalue weighted by Crippen LogP contribution is -2.31. The largest absolute Gasteiger partial charge is 0.313 e. The third kappa shape index (κ3) is 3.20. The molecule has 1 aliphatic carbocycles. The predicted octanol–water partition coefficient (Wildman–Crippen LogP) is 5.61. The Kier molecular flexibility index (Phi) is 5.32. The summed E-state index contributed by atoms with van der Waals surface area (Å²) >= 11 is 9.06. The van der Waals surface area contributed by atoms with Crippen molar-refractivity contribution in [2.45, 2.75) is 39.2 Å². The summed E-state index contributed by atoms with van der Waals surface area (Å²) in [6.45, 7) is 4.80. The first kappa shape index (κ1) is 15.0. The van der Waals surface area contributed by atoms with E-state index in [4.69, 9.17) is 0 Å². The Morgan fingerprint density at radius 1 is 1.28 bits per heavy atom. The van der Waals surface area contributed by atoms with E-state index in [1.165, 1.54) is 32.4 Å².